The van der Waals surface area contributed by atoms with E-state index in [1.807, 2.05) is 0 Å². The standard InChI is InChI=1S/C12H15F3N2O2S2/c1-21(18,19)11-7-20-5-4-17(11)8-2-3-10(16)9(6-8)12(13,14)15/h2-3,6,11H,4-5,7,16H2,1H3. The lowest BCUT2D eigenvalue weighted by Gasteiger charge is -2.36. The maximum absolute atomic E-state index is 12.9. The first-order valence-corrected chi connectivity index (χ1v) is 9.21. The molecule has 1 aromatic rings. The van der Waals surface area contributed by atoms with Crippen LogP contribution in [0.3, 0.4) is 0 Å². The second-order valence-corrected chi connectivity index (χ2v) is 8.17. The summed E-state index contributed by atoms with van der Waals surface area (Å²) in [5.74, 6) is 1.00. The largest absolute Gasteiger partial charge is 0.418 e. The van der Waals surface area contributed by atoms with Crippen LogP contribution < -0.4 is 10.6 Å². The third-order valence-corrected chi connectivity index (χ3v) is 5.90. The first kappa shape index (κ1) is 16.3. The van der Waals surface area contributed by atoms with E-state index in [9.17, 15) is 21.6 Å². The van der Waals surface area contributed by atoms with Crippen molar-refractivity contribution in [2.75, 3.05) is 34.9 Å². The Hall–Kier alpha value is -1.09. The van der Waals surface area contributed by atoms with Gasteiger partial charge in [0.1, 0.15) is 5.37 Å². The molecule has 1 aromatic carbocycles. The molecule has 118 valence electrons. The summed E-state index contributed by atoms with van der Waals surface area (Å²) in [4.78, 5) is 1.50. The number of alkyl halides is 3. The Kier molecular flexibility index (Phi) is 4.34. The van der Waals surface area contributed by atoms with Gasteiger partial charge in [-0.25, -0.2) is 8.42 Å². The van der Waals surface area contributed by atoms with Crippen molar-refractivity contribution in [2.24, 2.45) is 0 Å². The number of nitrogen functional groups attached to an aromatic ring is 1. The Bertz CT molecular complexity index is 632. The van der Waals surface area contributed by atoms with Gasteiger partial charge in [0.05, 0.1) is 5.56 Å². The summed E-state index contributed by atoms with van der Waals surface area (Å²) < 4.78 is 62.4. The van der Waals surface area contributed by atoms with Crippen LogP contribution in [0.4, 0.5) is 24.5 Å². The number of hydrogen-bond acceptors (Lipinski definition) is 5. The number of nitrogens with zero attached hydrogens (tertiary/aromatic N) is 1. The normalized spacial score (nSPS) is 20.6. The van der Waals surface area contributed by atoms with Crippen molar-refractivity contribution in [1.82, 2.24) is 0 Å². The summed E-state index contributed by atoms with van der Waals surface area (Å²) in [6, 6.07) is 3.52. The third kappa shape index (κ3) is 3.57. The average molecular weight is 340 g/mol. The highest BCUT2D eigenvalue weighted by Gasteiger charge is 2.36. The highest BCUT2D eigenvalue weighted by Crippen LogP contribution is 2.37. The number of anilines is 2. The maximum Gasteiger partial charge on any atom is 0.418 e. The summed E-state index contributed by atoms with van der Waals surface area (Å²) in [7, 11) is -3.39. The van der Waals surface area contributed by atoms with Crippen LogP contribution in [0.2, 0.25) is 0 Å². The maximum atomic E-state index is 12.9. The molecule has 21 heavy (non-hydrogen) atoms. The zero-order valence-electron chi connectivity index (χ0n) is 11.2. The van der Waals surface area contributed by atoms with E-state index in [1.54, 1.807) is 0 Å². The summed E-state index contributed by atoms with van der Waals surface area (Å²) in [6.45, 7) is 0.379. The van der Waals surface area contributed by atoms with Gasteiger partial charge in [0.25, 0.3) is 0 Å². The molecule has 1 atom stereocenters. The Morgan fingerprint density at radius 3 is 2.62 bits per heavy atom. The van der Waals surface area contributed by atoms with Crippen molar-refractivity contribution < 1.29 is 21.6 Å². The van der Waals surface area contributed by atoms with Gasteiger partial charge in [0.15, 0.2) is 9.84 Å². The van der Waals surface area contributed by atoms with Crippen molar-refractivity contribution in [3.8, 4) is 0 Å². The van der Waals surface area contributed by atoms with E-state index in [1.165, 1.54) is 28.8 Å². The third-order valence-electron chi connectivity index (χ3n) is 3.25. The molecule has 0 radical (unpaired) electrons. The number of sulfone groups is 1. The van der Waals surface area contributed by atoms with Crippen molar-refractivity contribution in [2.45, 2.75) is 11.6 Å². The first-order valence-electron chi connectivity index (χ1n) is 6.10. The molecule has 0 saturated carbocycles. The zero-order chi connectivity index (χ0) is 15.8. The summed E-state index contributed by atoms with van der Waals surface area (Å²) in [6.07, 6.45) is -3.47. The van der Waals surface area contributed by atoms with E-state index in [4.69, 9.17) is 5.73 Å². The molecule has 9 heteroatoms. The number of thioether (sulfide) groups is 1. The van der Waals surface area contributed by atoms with E-state index in [0.29, 0.717) is 18.1 Å². The van der Waals surface area contributed by atoms with Crippen molar-refractivity contribution in [1.29, 1.82) is 0 Å². The predicted octanol–water partition coefficient (Wildman–Crippen LogP) is 2.21. The lowest BCUT2D eigenvalue weighted by Crippen LogP contribution is -2.47. The SMILES string of the molecule is CS(=O)(=O)C1CSCCN1c1ccc(N)c(C(F)(F)F)c1. The minimum atomic E-state index is -4.56. The lowest BCUT2D eigenvalue weighted by atomic mass is 10.1. The number of halogens is 3. The highest BCUT2D eigenvalue weighted by atomic mass is 32.2. The molecule has 0 aromatic heterocycles. The van der Waals surface area contributed by atoms with Crippen LogP contribution >= 0.6 is 11.8 Å². The topological polar surface area (TPSA) is 63.4 Å². The van der Waals surface area contributed by atoms with Gasteiger partial charge >= 0.3 is 6.18 Å². The predicted molar refractivity (Wildman–Crippen MR) is 79.2 cm³/mol. The Labute approximate surface area is 125 Å². The van der Waals surface area contributed by atoms with E-state index in [-0.39, 0.29) is 11.4 Å². The number of benzene rings is 1. The van der Waals surface area contributed by atoms with Gasteiger partial charge < -0.3 is 10.6 Å². The van der Waals surface area contributed by atoms with Crippen molar-refractivity contribution in [3.63, 3.8) is 0 Å². The summed E-state index contributed by atoms with van der Waals surface area (Å²) >= 11 is 1.47. The summed E-state index contributed by atoms with van der Waals surface area (Å²) in [5, 5.41) is -0.819. The van der Waals surface area contributed by atoms with Gasteiger partial charge in [-0.1, -0.05) is 0 Å². The lowest BCUT2D eigenvalue weighted by molar-refractivity contribution is -0.136. The fourth-order valence-electron chi connectivity index (χ4n) is 2.20. The molecule has 0 bridgehead atoms. The fourth-order valence-corrected chi connectivity index (χ4v) is 5.04. The van der Waals surface area contributed by atoms with Crippen LogP contribution in [0, 0.1) is 0 Å². The fraction of sp³-hybridized carbons (Fsp3) is 0.500. The quantitative estimate of drug-likeness (QED) is 0.837. The molecule has 0 spiro atoms. The van der Waals surface area contributed by atoms with Gasteiger partial charge in [-0.3, -0.25) is 0 Å². The average Bonchev–Trinajstić information content (AvgIpc) is 2.37. The van der Waals surface area contributed by atoms with Crippen LogP contribution in [0.5, 0.6) is 0 Å². The van der Waals surface area contributed by atoms with E-state index in [2.05, 4.69) is 0 Å². The van der Waals surface area contributed by atoms with Crippen LogP contribution in [0.15, 0.2) is 18.2 Å². The minimum absolute atomic E-state index is 0.229. The number of rotatable bonds is 2. The van der Waals surface area contributed by atoms with Gasteiger partial charge in [-0.15, -0.1) is 0 Å². The Balaban J connectivity index is 2.45. The van der Waals surface area contributed by atoms with E-state index in [0.717, 1.165) is 12.3 Å². The second-order valence-electron chi connectivity index (χ2n) is 4.82. The number of hydrogen-bond donors (Lipinski definition) is 1. The molecule has 1 fully saturated rings. The van der Waals surface area contributed by atoms with E-state index < -0.39 is 27.0 Å². The molecule has 1 heterocycles. The van der Waals surface area contributed by atoms with Crippen LogP contribution in [-0.2, 0) is 16.0 Å². The van der Waals surface area contributed by atoms with Gasteiger partial charge in [0, 0.05) is 35.7 Å². The second kappa shape index (κ2) is 5.60. The van der Waals surface area contributed by atoms with Gasteiger partial charge in [0.2, 0.25) is 0 Å². The Morgan fingerprint density at radius 1 is 1.38 bits per heavy atom. The molecular weight excluding hydrogens is 325 g/mol. The molecule has 2 rings (SSSR count). The monoisotopic (exact) mass is 340 g/mol. The number of nitrogens with two attached hydrogens (primary N) is 1. The summed E-state index contributed by atoms with van der Waals surface area (Å²) in [5.41, 5.74) is 4.29. The molecule has 0 amide bonds. The van der Waals surface area contributed by atoms with E-state index >= 15 is 0 Å². The highest BCUT2D eigenvalue weighted by molar-refractivity contribution is 8.01. The molecule has 2 N–H and O–H groups in total. The van der Waals surface area contributed by atoms with Crippen molar-refractivity contribution >= 4 is 33.0 Å². The molecular formula is C12H15F3N2O2S2. The van der Waals surface area contributed by atoms with Gasteiger partial charge in [-0.05, 0) is 18.2 Å². The first-order chi connectivity index (χ1) is 9.60. The molecule has 1 aliphatic heterocycles. The molecule has 1 aliphatic rings. The van der Waals surface area contributed by atoms with Crippen molar-refractivity contribution in [3.05, 3.63) is 23.8 Å². The minimum Gasteiger partial charge on any atom is -0.398 e. The molecule has 1 saturated heterocycles. The molecule has 0 aliphatic carbocycles. The molecule has 1 unspecified atom stereocenters. The van der Waals surface area contributed by atoms with Gasteiger partial charge in [-0.2, -0.15) is 24.9 Å². The zero-order valence-corrected chi connectivity index (χ0v) is 12.9. The van der Waals surface area contributed by atoms with Crippen LogP contribution in [0.25, 0.3) is 0 Å². The smallest absolute Gasteiger partial charge is 0.398 e. The Morgan fingerprint density at radius 2 is 2.05 bits per heavy atom. The molecule has 4 nitrogen and oxygen atoms in total. The van der Waals surface area contributed by atoms with Crippen LogP contribution in [-0.4, -0.2) is 38.1 Å². The van der Waals surface area contributed by atoms with Crippen LogP contribution in [0.1, 0.15) is 5.56 Å².